The molecule has 7 rings (SSSR count). The second-order valence-corrected chi connectivity index (χ2v) is 12.1. The molecule has 0 saturated heterocycles. The fourth-order valence-corrected chi connectivity index (χ4v) is 11.6. The number of hydrogen-bond acceptors (Lipinski definition) is 0. The lowest BCUT2D eigenvalue weighted by atomic mass is 9.95. The predicted octanol–water partition coefficient (Wildman–Crippen LogP) is 4.69. The van der Waals surface area contributed by atoms with E-state index in [9.17, 15) is 0 Å². The molecule has 0 aromatic heterocycles. The van der Waals surface area contributed by atoms with E-state index in [1.54, 1.807) is 0 Å². The van der Waals surface area contributed by atoms with Gasteiger partial charge in [0, 0.05) is 0 Å². The minimum atomic E-state index is -2.45. The van der Waals surface area contributed by atoms with Gasteiger partial charge in [-0.1, -0.05) is 121 Å². The monoisotopic (exact) mass is 408 g/mol. The molecule has 5 aromatic rings. The quantitative estimate of drug-likeness (QED) is 0.319. The first kappa shape index (κ1) is 17.0. The Morgan fingerprint density at radius 1 is 0.258 bits per heavy atom. The van der Waals surface area contributed by atoms with Crippen LogP contribution in [0.5, 0.6) is 0 Å². The zero-order valence-electron chi connectivity index (χ0n) is 17.0. The molecular formula is C30H20Si. The third-order valence-corrected chi connectivity index (χ3v) is 12.1. The highest BCUT2D eigenvalue weighted by Crippen LogP contribution is 2.38. The normalized spacial score (nSPS) is 14.1. The molecule has 0 bridgehead atoms. The van der Waals surface area contributed by atoms with Gasteiger partial charge in [-0.05, 0) is 54.1 Å². The Hall–Kier alpha value is -3.68. The maximum absolute atomic E-state index is 2.45. The Kier molecular flexibility index (Phi) is 3.39. The molecule has 0 atom stereocenters. The number of rotatable bonds is 0. The van der Waals surface area contributed by atoms with E-state index in [0.29, 0.717) is 0 Å². The van der Waals surface area contributed by atoms with E-state index in [4.69, 9.17) is 0 Å². The van der Waals surface area contributed by atoms with E-state index in [1.165, 1.54) is 54.1 Å². The van der Waals surface area contributed by atoms with E-state index in [0.717, 1.165) is 0 Å². The van der Waals surface area contributed by atoms with Crippen LogP contribution in [0, 0.1) is 0 Å². The summed E-state index contributed by atoms with van der Waals surface area (Å²) in [4.78, 5) is 0. The molecule has 5 aromatic carbocycles. The van der Waals surface area contributed by atoms with Crippen molar-refractivity contribution >= 4 is 28.8 Å². The van der Waals surface area contributed by atoms with Crippen molar-refractivity contribution < 1.29 is 0 Å². The van der Waals surface area contributed by atoms with Crippen LogP contribution in [0.2, 0.25) is 0 Å². The number of benzene rings is 5. The molecule has 1 heteroatoms. The van der Waals surface area contributed by atoms with Crippen LogP contribution in [0.3, 0.4) is 0 Å². The lowest BCUT2D eigenvalue weighted by Gasteiger charge is -2.32. The van der Waals surface area contributed by atoms with Crippen molar-refractivity contribution in [2.75, 3.05) is 0 Å². The van der Waals surface area contributed by atoms with E-state index in [-0.39, 0.29) is 0 Å². The molecule has 0 nitrogen and oxygen atoms in total. The average Bonchev–Trinajstić information content (AvgIpc) is 3.09. The van der Waals surface area contributed by atoms with Crippen molar-refractivity contribution in [1.29, 1.82) is 0 Å². The van der Waals surface area contributed by atoms with Crippen molar-refractivity contribution in [2.24, 2.45) is 0 Å². The fourth-order valence-electron chi connectivity index (χ4n) is 6.00. The second-order valence-electron chi connectivity index (χ2n) is 8.48. The summed E-state index contributed by atoms with van der Waals surface area (Å²) >= 11 is 0. The first-order valence-electron chi connectivity index (χ1n) is 10.9. The van der Waals surface area contributed by atoms with E-state index < -0.39 is 8.07 Å². The standard InChI is InChI=1S/C30H20Si/c1-2-12-22-21(11-1)23-13-3-7-17-27(23)31(28-18-8-4-14-24(22)28)29-19-9-5-15-25(29)26-16-6-10-20-30(26)31/h1-20H. The molecule has 31 heavy (non-hydrogen) atoms. The SMILES string of the molecule is c1ccc2c(c1)-c1ccccc1[Si]1(c3ccccc3-2)c2ccccc2-c2ccccc21. The van der Waals surface area contributed by atoms with E-state index >= 15 is 0 Å². The van der Waals surface area contributed by atoms with Gasteiger partial charge in [0.1, 0.15) is 0 Å². The summed E-state index contributed by atoms with van der Waals surface area (Å²) in [5, 5.41) is 6.04. The summed E-state index contributed by atoms with van der Waals surface area (Å²) in [6, 6.07) is 45.5. The summed E-state index contributed by atoms with van der Waals surface area (Å²) in [7, 11) is -2.45. The maximum Gasteiger partial charge on any atom is 0.182 e. The van der Waals surface area contributed by atoms with Gasteiger partial charge in [0.2, 0.25) is 0 Å². The lowest BCUT2D eigenvalue weighted by molar-refractivity contribution is 1.62. The van der Waals surface area contributed by atoms with Crippen LogP contribution in [0.25, 0.3) is 33.4 Å². The van der Waals surface area contributed by atoms with Crippen LogP contribution in [0.4, 0.5) is 0 Å². The Labute approximate surface area is 183 Å². The summed E-state index contributed by atoms with van der Waals surface area (Å²) in [6.45, 7) is 0. The van der Waals surface area contributed by atoms with Crippen LogP contribution in [0.15, 0.2) is 121 Å². The third kappa shape index (κ3) is 2.04. The molecule has 0 fully saturated rings. The van der Waals surface area contributed by atoms with Gasteiger partial charge in [0.25, 0.3) is 0 Å². The van der Waals surface area contributed by atoms with Gasteiger partial charge in [0.05, 0.1) is 0 Å². The van der Waals surface area contributed by atoms with Crippen LogP contribution >= 0.6 is 0 Å². The molecule has 0 saturated carbocycles. The van der Waals surface area contributed by atoms with E-state index in [2.05, 4.69) is 121 Å². The second kappa shape index (κ2) is 6.16. The maximum atomic E-state index is 2.40. The van der Waals surface area contributed by atoms with Crippen molar-refractivity contribution in [1.82, 2.24) is 0 Å². The van der Waals surface area contributed by atoms with Crippen LogP contribution in [-0.2, 0) is 0 Å². The largest absolute Gasteiger partial charge is 0.182 e. The number of fused-ring (bicyclic) bond motifs is 12. The molecule has 0 radical (unpaired) electrons. The third-order valence-electron chi connectivity index (χ3n) is 7.12. The van der Waals surface area contributed by atoms with Gasteiger partial charge in [-0.25, -0.2) is 0 Å². The Morgan fingerprint density at radius 2 is 0.484 bits per heavy atom. The molecule has 2 heterocycles. The topological polar surface area (TPSA) is 0 Å². The first-order valence-corrected chi connectivity index (χ1v) is 12.9. The van der Waals surface area contributed by atoms with Crippen LogP contribution in [0.1, 0.15) is 0 Å². The highest BCUT2D eigenvalue weighted by molar-refractivity contribution is 7.23. The molecule has 0 unspecified atom stereocenters. The van der Waals surface area contributed by atoms with Gasteiger partial charge < -0.3 is 0 Å². The predicted molar refractivity (Wildman–Crippen MR) is 133 cm³/mol. The highest BCUT2D eigenvalue weighted by Gasteiger charge is 2.51. The highest BCUT2D eigenvalue weighted by atomic mass is 28.3. The molecule has 0 aliphatic carbocycles. The van der Waals surface area contributed by atoms with Crippen LogP contribution in [-0.4, -0.2) is 8.07 Å². The zero-order chi connectivity index (χ0) is 20.4. The van der Waals surface area contributed by atoms with Gasteiger partial charge in [-0.3, -0.25) is 0 Å². The summed E-state index contributed by atoms with van der Waals surface area (Å²) < 4.78 is 0. The van der Waals surface area contributed by atoms with Gasteiger partial charge in [-0.15, -0.1) is 0 Å². The molecule has 1 spiro atoms. The number of hydrogen-bond donors (Lipinski definition) is 0. The van der Waals surface area contributed by atoms with Crippen molar-refractivity contribution in [3.05, 3.63) is 121 Å². The fraction of sp³-hybridized carbons (Fsp3) is 0. The Morgan fingerprint density at radius 3 is 0.806 bits per heavy atom. The van der Waals surface area contributed by atoms with Gasteiger partial charge in [-0.2, -0.15) is 0 Å². The molecule has 0 N–H and O–H groups in total. The van der Waals surface area contributed by atoms with Gasteiger partial charge >= 0.3 is 0 Å². The lowest BCUT2D eigenvalue weighted by Crippen LogP contribution is -2.73. The summed E-state index contributed by atoms with van der Waals surface area (Å²) in [5.74, 6) is 0. The van der Waals surface area contributed by atoms with Crippen molar-refractivity contribution in [2.45, 2.75) is 0 Å². The average molecular weight is 409 g/mol. The van der Waals surface area contributed by atoms with Crippen molar-refractivity contribution in [3.8, 4) is 33.4 Å². The summed E-state index contributed by atoms with van der Waals surface area (Å²) in [5.41, 5.74) is 8.26. The van der Waals surface area contributed by atoms with Crippen molar-refractivity contribution in [3.63, 3.8) is 0 Å². The first-order chi connectivity index (χ1) is 15.4. The Balaban J connectivity index is 1.78. The molecule has 144 valence electrons. The smallest absolute Gasteiger partial charge is 0.0623 e. The Bertz CT molecular complexity index is 1380. The van der Waals surface area contributed by atoms with Crippen LogP contribution < -0.4 is 20.7 Å². The molecule has 0 amide bonds. The summed E-state index contributed by atoms with van der Waals surface area (Å²) in [6.07, 6.45) is 0. The minimum Gasteiger partial charge on any atom is -0.0623 e. The van der Waals surface area contributed by atoms with E-state index in [1.807, 2.05) is 0 Å². The minimum absolute atomic E-state index is 1.34. The zero-order valence-corrected chi connectivity index (χ0v) is 18.0. The molecule has 2 aliphatic heterocycles. The molecule has 2 aliphatic rings. The molecular weight excluding hydrogens is 388 g/mol. The van der Waals surface area contributed by atoms with Gasteiger partial charge in [0.15, 0.2) is 8.07 Å².